The summed E-state index contributed by atoms with van der Waals surface area (Å²) in [5, 5.41) is 27.7. The van der Waals surface area contributed by atoms with E-state index in [1.54, 1.807) is 24.3 Å². The van der Waals surface area contributed by atoms with E-state index in [4.69, 9.17) is 0 Å². The first kappa shape index (κ1) is 22.4. The Kier molecular flexibility index (Phi) is 5.62. The molecule has 3 aromatic rings. The van der Waals surface area contributed by atoms with Crippen LogP contribution >= 0.6 is 0 Å². The summed E-state index contributed by atoms with van der Waals surface area (Å²) in [4.78, 5) is 0.224. The average molecular weight is 467 g/mol. The molecule has 0 heterocycles. The molecular formula is C18H17N3O8S2. The Bertz CT molecular complexity index is 1410. The van der Waals surface area contributed by atoms with Crippen molar-refractivity contribution in [2.45, 2.75) is 9.79 Å². The van der Waals surface area contributed by atoms with Crippen LogP contribution in [0.15, 0.2) is 62.5 Å². The number of fused-ring (bicyclic) bond motifs is 1. The van der Waals surface area contributed by atoms with Gasteiger partial charge in [-0.2, -0.15) is 21.9 Å². The van der Waals surface area contributed by atoms with E-state index < -0.39 is 47.2 Å². The van der Waals surface area contributed by atoms with Gasteiger partial charge in [-0.15, -0.1) is 5.11 Å². The SMILES string of the molecule is CN(C)c1ccc(N=Nc2c(S(=O)(=O)O)cc3cc(S(=O)(=O)O)cc(O)c3c2O)cc1. The third-order valence-electron chi connectivity index (χ3n) is 4.31. The number of phenolic OH excluding ortho intramolecular Hbond substituents is 2. The fourth-order valence-electron chi connectivity index (χ4n) is 2.81. The molecule has 0 aromatic heterocycles. The van der Waals surface area contributed by atoms with Gasteiger partial charge in [0.1, 0.15) is 16.3 Å². The van der Waals surface area contributed by atoms with E-state index in [0.29, 0.717) is 11.8 Å². The van der Waals surface area contributed by atoms with Gasteiger partial charge < -0.3 is 15.1 Å². The second-order valence-corrected chi connectivity index (χ2v) is 9.48. The predicted octanol–water partition coefficient (Wildman–Crippen LogP) is 3.23. The van der Waals surface area contributed by atoms with Crippen LogP contribution in [0.1, 0.15) is 0 Å². The predicted molar refractivity (Wildman–Crippen MR) is 112 cm³/mol. The van der Waals surface area contributed by atoms with E-state index in [9.17, 15) is 36.2 Å². The number of azo groups is 1. The minimum atomic E-state index is -4.94. The van der Waals surface area contributed by atoms with Crippen LogP contribution in [-0.2, 0) is 20.2 Å². The molecule has 3 rings (SSSR count). The molecule has 0 saturated heterocycles. The maximum Gasteiger partial charge on any atom is 0.296 e. The van der Waals surface area contributed by atoms with Gasteiger partial charge in [0.25, 0.3) is 20.2 Å². The minimum absolute atomic E-state index is 0.285. The molecule has 0 spiro atoms. The number of aromatic hydroxyl groups is 2. The summed E-state index contributed by atoms with van der Waals surface area (Å²) in [5.74, 6) is -1.63. The fourth-order valence-corrected chi connectivity index (χ4v) is 4.00. The molecule has 164 valence electrons. The first-order valence-electron chi connectivity index (χ1n) is 8.46. The third-order valence-corrected chi connectivity index (χ3v) is 6.01. The molecule has 0 bridgehead atoms. The van der Waals surface area contributed by atoms with Crippen molar-refractivity contribution in [3.05, 3.63) is 42.5 Å². The summed E-state index contributed by atoms with van der Waals surface area (Å²) in [5.41, 5.74) is 0.504. The Hall–Kier alpha value is -3.26. The average Bonchev–Trinajstić information content (AvgIpc) is 2.65. The number of anilines is 1. The second kappa shape index (κ2) is 7.77. The number of rotatable bonds is 5. The first-order valence-corrected chi connectivity index (χ1v) is 11.3. The highest BCUT2D eigenvalue weighted by molar-refractivity contribution is 7.86. The van der Waals surface area contributed by atoms with Crippen molar-refractivity contribution < 1.29 is 36.2 Å². The zero-order chi connectivity index (χ0) is 23.1. The lowest BCUT2D eigenvalue weighted by molar-refractivity contribution is 0.457. The molecule has 4 N–H and O–H groups in total. The third kappa shape index (κ3) is 4.59. The van der Waals surface area contributed by atoms with Crippen molar-refractivity contribution in [2.75, 3.05) is 19.0 Å². The van der Waals surface area contributed by atoms with Gasteiger partial charge in [-0.05, 0) is 41.8 Å². The summed E-state index contributed by atoms with van der Waals surface area (Å²) in [6.45, 7) is 0. The Morgan fingerprint density at radius 2 is 1.45 bits per heavy atom. The first-order chi connectivity index (χ1) is 14.3. The van der Waals surface area contributed by atoms with Crippen molar-refractivity contribution in [3.63, 3.8) is 0 Å². The molecule has 0 atom stereocenters. The number of benzene rings is 3. The minimum Gasteiger partial charge on any atom is -0.507 e. The second-order valence-electron chi connectivity index (χ2n) is 6.67. The Balaban J connectivity index is 2.25. The van der Waals surface area contributed by atoms with Gasteiger partial charge in [0, 0.05) is 25.8 Å². The van der Waals surface area contributed by atoms with Gasteiger partial charge in [0.05, 0.1) is 16.0 Å². The quantitative estimate of drug-likeness (QED) is 0.324. The zero-order valence-electron chi connectivity index (χ0n) is 16.1. The largest absolute Gasteiger partial charge is 0.507 e. The van der Waals surface area contributed by atoms with Gasteiger partial charge >= 0.3 is 0 Å². The topological polar surface area (TPSA) is 177 Å². The van der Waals surface area contributed by atoms with E-state index in [1.165, 1.54) is 0 Å². The number of hydrogen-bond donors (Lipinski definition) is 4. The van der Waals surface area contributed by atoms with Crippen molar-refractivity contribution in [1.29, 1.82) is 0 Å². The van der Waals surface area contributed by atoms with E-state index >= 15 is 0 Å². The van der Waals surface area contributed by atoms with Crippen molar-refractivity contribution in [2.24, 2.45) is 10.2 Å². The Morgan fingerprint density at radius 1 is 0.839 bits per heavy atom. The van der Waals surface area contributed by atoms with Crippen LogP contribution in [0.5, 0.6) is 11.5 Å². The lowest BCUT2D eigenvalue weighted by Gasteiger charge is -2.12. The smallest absolute Gasteiger partial charge is 0.296 e. The highest BCUT2D eigenvalue weighted by Crippen LogP contribution is 2.45. The van der Waals surface area contributed by atoms with Gasteiger partial charge in [-0.3, -0.25) is 9.11 Å². The van der Waals surface area contributed by atoms with Crippen LogP contribution in [0.4, 0.5) is 17.1 Å². The maximum absolute atomic E-state index is 11.9. The van der Waals surface area contributed by atoms with Gasteiger partial charge in [0.2, 0.25) is 0 Å². The molecule has 0 saturated carbocycles. The molecule has 13 heteroatoms. The van der Waals surface area contributed by atoms with Crippen LogP contribution in [-0.4, -0.2) is 50.2 Å². The molecular weight excluding hydrogens is 450 g/mol. The van der Waals surface area contributed by atoms with Crippen molar-refractivity contribution in [3.8, 4) is 11.5 Å². The molecule has 0 unspecified atom stereocenters. The van der Waals surface area contributed by atoms with Gasteiger partial charge in [0.15, 0.2) is 5.75 Å². The normalized spacial score (nSPS) is 12.5. The molecule has 0 aliphatic rings. The fraction of sp³-hybridized carbons (Fsp3) is 0.111. The van der Waals surface area contributed by atoms with E-state index in [-0.39, 0.29) is 10.8 Å². The molecule has 0 aliphatic heterocycles. The molecule has 3 aromatic carbocycles. The molecule has 0 amide bonds. The van der Waals surface area contributed by atoms with Crippen LogP contribution in [0.25, 0.3) is 10.8 Å². The summed E-state index contributed by atoms with van der Waals surface area (Å²) < 4.78 is 65.2. The van der Waals surface area contributed by atoms with Crippen LogP contribution < -0.4 is 4.90 Å². The monoisotopic (exact) mass is 467 g/mol. The van der Waals surface area contributed by atoms with E-state index in [0.717, 1.165) is 17.8 Å². The van der Waals surface area contributed by atoms with Gasteiger partial charge in [-0.1, -0.05) is 0 Å². The summed E-state index contributed by atoms with van der Waals surface area (Å²) in [6.07, 6.45) is 0. The summed E-state index contributed by atoms with van der Waals surface area (Å²) in [6, 6.07) is 8.90. The van der Waals surface area contributed by atoms with Crippen molar-refractivity contribution >= 4 is 48.1 Å². The lowest BCUT2D eigenvalue weighted by atomic mass is 10.1. The lowest BCUT2D eigenvalue weighted by Crippen LogP contribution is -2.07. The molecule has 31 heavy (non-hydrogen) atoms. The van der Waals surface area contributed by atoms with Crippen LogP contribution in [0.2, 0.25) is 0 Å². The van der Waals surface area contributed by atoms with E-state index in [2.05, 4.69) is 10.2 Å². The molecule has 0 radical (unpaired) electrons. The van der Waals surface area contributed by atoms with E-state index in [1.807, 2.05) is 19.0 Å². The summed E-state index contributed by atoms with van der Waals surface area (Å²) in [7, 11) is -6.02. The highest BCUT2D eigenvalue weighted by atomic mass is 32.2. The number of nitrogens with zero attached hydrogens (tertiary/aromatic N) is 3. The van der Waals surface area contributed by atoms with Crippen LogP contribution in [0, 0.1) is 0 Å². The highest BCUT2D eigenvalue weighted by Gasteiger charge is 2.25. The maximum atomic E-state index is 11.9. The molecule has 0 fully saturated rings. The molecule has 11 nitrogen and oxygen atoms in total. The Labute approximate surface area is 177 Å². The van der Waals surface area contributed by atoms with Gasteiger partial charge in [-0.25, -0.2) is 0 Å². The van der Waals surface area contributed by atoms with Crippen molar-refractivity contribution in [1.82, 2.24) is 0 Å². The van der Waals surface area contributed by atoms with Crippen LogP contribution in [0.3, 0.4) is 0 Å². The zero-order valence-corrected chi connectivity index (χ0v) is 17.8. The number of hydrogen-bond acceptors (Lipinski definition) is 9. The molecule has 0 aliphatic carbocycles. The Morgan fingerprint density at radius 3 is 1.97 bits per heavy atom. The number of phenols is 2. The summed E-state index contributed by atoms with van der Waals surface area (Å²) >= 11 is 0. The standard InChI is InChI=1S/C18H17N3O8S2/c1-21(2)12-5-3-11(4-6-12)19-20-17-15(31(27,28)29)8-10-7-13(30(24,25)26)9-14(22)16(10)18(17)23/h3-9,22-23H,1-2H3,(H,24,25,26)(H,27,28,29).